The van der Waals surface area contributed by atoms with Crippen LogP contribution in [0.4, 0.5) is 20.7 Å². The first-order valence-electron chi connectivity index (χ1n) is 8.60. The Balaban J connectivity index is 1.58. The number of halogens is 1. The van der Waals surface area contributed by atoms with Gasteiger partial charge in [-0.3, -0.25) is 0 Å². The van der Waals surface area contributed by atoms with Gasteiger partial charge in [0.2, 0.25) is 5.88 Å². The quantitative estimate of drug-likeness (QED) is 0.909. The minimum Gasteiger partial charge on any atom is -0.478 e. The third kappa shape index (κ3) is 4.38. The van der Waals surface area contributed by atoms with Crippen molar-refractivity contribution < 1.29 is 13.9 Å². The molecule has 2 amide bonds. The van der Waals surface area contributed by atoms with Crippen LogP contribution in [0.1, 0.15) is 12.7 Å². The summed E-state index contributed by atoms with van der Waals surface area (Å²) >= 11 is 0. The highest BCUT2D eigenvalue weighted by Crippen LogP contribution is 2.19. The Morgan fingerprint density at radius 1 is 1.19 bits per heavy atom. The second-order valence-corrected chi connectivity index (χ2v) is 5.96. The van der Waals surface area contributed by atoms with Crippen molar-refractivity contribution in [1.29, 1.82) is 0 Å². The molecule has 0 bridgehead atoms. The summed E-state index contributed by atoms with van der Waals surface area (Å²) in [6.45, 7) is 6.76. The lowest BCUT2D eigenvalue weighted by Gasteiger charge is -2.35. The van der Waals surface area contributed by atoms with Crippen LogP contribution in [0.25, 0.3) is 0 Å². The number of aryl methyl sites for hydroxylation is 1. The normalized spacial score (nSPS) is 14.3. The Hall–Kier alpha value is -2.90. The van der Waals surface area contributed by atoms with Crippen molar-refractivity contribution in [3.05, 3.63) is 42.0 Å². The predicted molar refractivity (Wildman–Crippen MR) is 97.1 cm³/mol. The number of piperazine rings is 1. The van der Waals surface area contributed by atoms with E-state index in [1.165, 1.54) is 12.1 Å². The highest BCUT2D eigenvalue weighted by Gasteiger charge is 2.22. The molecule has 0 unspecified atom stereocenters. The van der Waals surface area contributed by atoms with Crippen LogP contribution in [-0.4, -0.2) is 53.7 Å². The van der Waals surface area contributed by atoms with Gasteiger partial charge in [0.1, 0.15) is 17.5 Å². The van der Waals surface area contributed by atoms with Crippen LogP contribution in [0.5, 0.6) is 5.88 Å². The fraction of sp³-hybridized carbons (Fsp3) is 0.389. The van der Waals surface area contributed by atoms with Crippen molar-refractivity contribution in [3.8, 4) is 5.88 Å². The number of benzene rings is 1. The van der Waals surface area contributed by atoms with Gasteiger partial charge in [0.15, 0.2) is 0 Å². The maximum absolute atomic E-state index is 12.9. The van der Waals surface area contributed by atoms with E-state index in [-0.39, 0.29) is 11.8 Å². The Kier molecular flexibility index (Phi) is 5.50. The molecule has 138 valence electrons. The van der Waals surface area contributed by atoms with Crippen LogP contribution < -0.4 is 15.0 Å². The molecule has 1 aromatic heterocycles. The summed E-state index contributed by atoms with van der Waals surface area (Å²) in [6.07, 6.45) is 0. The molecule has 8 heteroatoms. The summed E-state index contributed by atoms with van der Waals surface area (Å²) in [5, 5.41) is 2.78. The number of carbonyl (C=O) groups excluding carboxylic acids is 1. The van der Waals surface area contributed by atoms with Gasteiger partial charge < -0.3 is 19.9 Å². The molecule has 1 N–H and O–H groups in total. The highest BCUT2D eigenvalue weighted by molar-refractivity contribution is 5.89. The summed E-state index contributed by atoms with van der Waals surface area (Å²) in [5.74, 6) is 1.69. The van der Waals surface area contributed by atoms with Gasteiger partial charge in [-0.2, -0.15) is 4.98 Å². The number of nitrogens with one attached hydrogen (secondary N) is 1. The molecular formula is C18H22FN5O2. The molecule has 2 aromatic rings. The number of hydrogen-bond acceptors (Lipinski definition) is 5. The topological polar surface area (TPSA) is 70.6 Å². The van der Waals surface area contributed by atoms with E-state index in [1.54, 1.807) is 17.0 Å². The van der Waals surface area contributed by atoms with Crippen LogP contribution in [0.3, 0.4) is 0 Å². The lowest BCUT2D eigenvalue weighted by atomic mass is 10.3. The molecule has 3 rings (SSSR count). The minimum absolute atomic E-state index is 0.190. The number of hydrogen-bond donors (Lipinski definition) is 1. The Morgan fingerprint density at radius 2 is 1.88 bits per heavy atom. The summed E-state index contributed by atoms with van der Waals surface area (Å²) in [4.78, 5) is 24.9. The van der Waals surface area contributed by atoms with Crippen LogP contribution in [0.15, 0.2) is 30.3 Å². The zero-order chi connectivity index (χ0) is 18.5. The molecule has 1 aromatic carbocycles. The van der Waals surface area contributed by atoms with Gasteiger partial charge in [-0.15, -0.1) is 0 Å². The van der Waals surface area contributed by atoms with E-state index < -0.39 is 0 Å². The Bertz CT molecular complexity index is 761. The van der Waals surface area contributed by atoms with Crippen LogP contribution in [0, 0.1) is 12.7 Å². The first-order chi connectivity index (χ1) is 12.5. The summed E-state index contributed by atoms with van der Waals surface area (Å²) in [5.41, 5.74) is 0.576. The Morgan fingerprint density at radius 3 is 2.54 bits per heavy atom. The van der Waals surface area contributed by atoms with Crippen molar-refractivity contribution in [2.75, 3.05) is 43.0 Å². The number of nitrogens with zero attached hydrogens (tertiary/aromatic N) is 4. The van der Waals surface area contributed by atoms with E-state index in [2.05, 4.69) is 20.2 Å². The van der Waals surface area contributed by atoms with Crippen molar-refractivity contribution in [3.63, 3.8) is 0 Å². The van der Waals surface area contributed by atoms with Gasteiger partial charge in [-0.25, -0.2) is 14.2 Å². The van der Waals surface area contributed by atoms with Crippen LogP contribution in [-0.2, 0) is 0 Å². The number of urea groups is 1. The molecule has 26 heavy (non-hydrogen) atoms. The molecule has 7 nitrogen and oxygen atoms in total. The third-order valence-corrected chi connectivity index (χ3v) is 4.08. The van der Waals surface area contributed by atoms with Gasteiger partial charge in [0.05, 0.1) is 6.61 Å². The average molecular weight is 359 g/mol. The van der Waals surface area contributed by atoms with Crippen molar-refractivity contribution in [2.24, 2.45) is 0 Å². The van der Waals surface area contributed by atoms with Crippen molar-refractivity contribution in [1.82, 2.24) is 14.9 Å². The van der Waals surface area contributed by atoms with Crippen molar-refractivity contribution in [2.45, 2.75) is 13.8 Å². The number of amides is 2. The zero-order valence-corrected chi connectivity index (χ0v) is 14.9. The van der Waals surface area contributed by atoms with Crippen molar-refractivity contribution >= 4 is 17.5 Å². The number of aromatic nitrogens is 2. The second-order valence-electron chi connectivity index (χ2n) is 5.96. The van der Waals surface area contributed by atoms with E-state index >= 15 is 0 Å². The van der Waals surface area contributed by atoms with Gasteiger partial charge in [-0.05, 0) is 38.1 Å². The predicted octanol–water partition coefficient (Wildman–Crippen LogP) is 2.68. The number of rotatable bonds is 4. The number of ether oxygens (including phenoxy) is 1. The number of carbonyl (C=O) groups is 1. The average Bonchev–Trinajstić information content (AvgIpc) is 2.63. The highest BCUT2D eigenvalue weighted by atomic mass is 19.1. The molecule has 0 radical (unpaired) electrons. The van der Waals surface area contributed by atoms with Gasteiger partial charge >= 0.3 is 6.03 Å². The minimum atomic E-state index is -0.330. The van der Waals surface area contributed by atoms with E-state index in [0.29, 0.717) is 50.2 Å². The lowest BCUT2D eigenvalue weighted by Crippen LogP contribution is -2.50. The smallest absolute Gasteiger partial charge is 0.321 e. The fourth-order valence-corrected chi connectivity index (χ4v) is 2.78. The maximum Gasteiger partial charge on any atom is 0.321 e. The summed E-state index contributed by atoms with van der Waals surface area (Å²) < 4.78 is 18.4. The number of anilines is 2. The standard InChI is InChI=1S/C18H22FN5O2/c1-3-26-17-12-16(20-13(2)21-17)23-8-10-24(11-9-23)18(25)22-15-6-4-14(19)5-7-15/h4-7,12H,3,8-11H2,1-2H3,(H,22,25). The third-order valence-electron chi connectivity index (χ3n) is 4.08. The van der Waals surface area contributed by atoms with Gasteiger partial charge in [0, 0.05) is 37.9 Å². The molecule has 1 aliphatic rings. The maximum atomic E-state index is 12.9. The summed E-state index contributed by atoms with van der Waals surface area (Å²) in [6, 6.07) is 7.36. The molecular weight excluding hydrogens is 337 g/mol. The molecule has 2 heterocycles. The molecule has 0 spiro atoms. The van der Waals surface area contributed by atoms with Gasteiger partial charge in [0.25, 0.3) is 0 Å². The largest absolute Gasteiger partial charge is 0.478 e. The van der Waals surface area contributed by atoms with Crippen LogP contribution in [0.2, 0.25) is 0 Å². The lowest BCUT2D eigenvalue weighted by molar-refractivity contribution is 0.208. The second kappa shape index (κ2) is 7.99. The van der Waals surface area contributed by atoms with E-state index in [4.69, 9.17) is 4.74 Å². The van der Waals surface area contributed by atoms with Crippen LogP contribution >= 0.6 is 0 Å². The van der Waals surface area contributed by atoms with Gasteiger partial charge in [-0.1, -0.05) is 0 Å². The Labute approximate surface area is 151 Å². The molecule has 0 saturated carbocycles. The molecule has 0 aliphatic carbocycles. The fourth-order valence-electron chi connectivity index (χ4n) is 2.78. The van der Waals surface area contributed by atoms with E-state index in [1.807, 2.05) is 19.9 Å². The van der Waals surface area contributed by atoms with E-state index in [0.717, 1.165) is 5.82 Å². The summed E-state index contributed by atoms with van der Waals surface area (Å²) in [7, 11) is 0. The molecule has 1 aliphatic heterocycles. The first kappa shape index (κ1) is 17.9. The zero-order valence-electron chi connectivity index (χ0n) is 14.9. The first-order valence-corrected chi connectivity index (χ1v) is 8.60. The molecule has 1 saturated heterocycles. The SMILES string of the molecule is CCOc1cc(N2CCN(C(=O)Nc3ccc(F)cc3)CC2)nc(C)n1. The molecule has 1 fully saturated rings. The van der Waals surface area contributed by atoms with E-state index in [9.17, 15) is 9.18 Å². The molecule has 0 atom stereocenters. The monoisotopic (exact) mass is 359 g/mol.